The number of hydrogen-bond donors (Lipinski definition) is 0. The predicted octanol–water partition coefficient (Wildman–Crippen LogP) is 5.14. The van der Waals surface area contributed by atoms with Crippen LogP contribution in [-0.4, -0.2) is 42.0 Å². The van der Waals surface area contributed by atoms with Crippen LogP contribution in [0.4, 0.5) is 5.69 Å². The van der Waals surface area contributed by atoms with Crippen LogP contribution >= 0.6 is 11.3 Å². The molecule has 0 bridgehead atoms. The monoisotopic (exact) mass is 417 g/mol. The van der Waals surface area contributed by atoms with Crippen LogP contribution in [0.5, 0.6) is 0 Å². The van der Waals surface area contributed by atoms with Crippen LogP contribution in [0.2, 0.25) is 0 Å². The summed E-state index contributed by atoms with van der Waals surface area (Å²) in [5.74, 6) is 0.973. The van der Waals surface area contributed by atoms with E-state index in [4.69, 9.17) is 4.42 Å². The Balaban J connectivity index is 1.29. The maximum atomic E-state index is 13.0. The quantitative estimate of drug-likeness (QED) is 0.463. The maximum absolute atomic E-state index is 13.0. The molecule has 4 aromatic rings. The first-order valence-corrected chi connectivity index (χ1v) is 11.0. The summed E-state index contributed by atoms with van der Waals surface area (Å²) in [5, 5.41) is 0.801. The molecule has 0 saturated carbocycles. The minimum Gasteiger partial charge on any atom is -0.448 e. The SMILES string of the molecule is Cc1cccc(N2CCN(C(=O)c3ccc(-c4nc5ccccc5s4)o3)CC2)c1C. The molecule has 1 saturated heterocycles. The van der Waals surface area contributed by atoms with Gasteiger partial charge in [0.2, 0.25) is 0 Å². The largest absolute Gasteiger partial charge is 0.448 e. The number of carbonyl (C=O) groups is 1. The molecule has 0 unspecified atom stereocenters. The Bertz CT molecular complexity index is 1190. The zero-order chi connectivity index (χ0) is 20.7. The van der Waals surface area contributed by atoms with Crippen LogP contribution in [0.3, 0.4) is 0 Å². The van der Waals surface area contributed by atoms with Crippen LogP contribution in [-0.2, 0) is 0 Å². The first-order chi connectivity index (χ1) is 14.6. The van der Waals surface area contributed by atoms with E-state index < -0.39 is 0 Å². The number of amides is 1. The lowest BCUT2D eigenvalue weighted by atomic mass is 10.1. The predicted molar refractivity (Wildman–Crippen MR) is 121 cm³/mol. The molecule has 1 aliphatic heterocycles. The first kappa shape index (κ1) is 18.9. The number of para-hydroxylation sites is 1. The van der Waals surface area contributed by atoms with E-state index >= 15 is 0 Å². The van der Waals surface area contributed by atoms with Gasteiger partial charge in [0.1, 0.15) is 0 Å². The molecule has 0 atom stereocenters. The molecule has 0 radical (unpaired) electrons. The molecular formula is C24H23N3O2S. The lowest BCUT2D eigenvalue weighted by Crippen LogP contribution is -2.49. The highest BCUT2D eigenvalue weighted by Crippen LogP contribution is 2.31. The van der Waals surface area contributed by atoms with E-state index in [0.29, 0.717) is 24.6 Å². The summed E-state index contributed by atoms with van der Waals surface area (Å²) >= 11 is 1.57. The van der Waals surface area contributed by atoms with Gasteiger partial charge >= 0.3 is 0 Å². The summed E-state index contributed by atoms with van der Waals surface area (Å²) in [6.07, 6.45) is 0. The molecule has 5 rings (SSSR count). The fourth-order valence-electron chi connectivity index (χ4n) is 3.93. The van der Waals surface area contributed by atoms with Gasteiger partial charge in [-0.3, -0.25) is 4.79 Å². The second-order valence-corrected chi connectivity index (χ2v) is 8.68. The fourth-order valence-corrected chi connectivity index (χ4v) is 4.86. The fraction of sp³-hybridized carbons (Fsp3) is 0.250. The number of thiazole rings is 1. The van der Waals surface area contributed by atoms with Crippen LogP contribution < -0.4 is 4.90 Å². The van der Waals surface area contributed by atoms with E-state index in [1.54, 1.807) is 17.4 Å². The zero-order valence-corrected chi connectivity index (χ0v) is 17.9. The number of aryl methyl sites for hydroxylation is 1. The molecule has 1 aliphatic rings. The Hall–Kier alpha value is -3.12. The van der Waals surface area contributed by atoms with E-state index in [0.717, 1.165) is 28.3 Å². The van der Waals surface area contributed by atoms with Crippen LogP contribution in [0.1, 0.15) is 21.7 Å². The number of benzene rings is 2. The van der Waals surface area contributed by atoms with Gasteiger partial charge in [-0.1, -0.05) is 24.3 Å². The number of fused-ring (bicyclic) bond motifs is 1. The Morgan fingerprint density at radius 1 is 0.967 bits per heavy atom. The van der Waals surface area contributed by atoms with Gasteiger partial charge in [0, 0.05) is 31.9 Å². The Morgan fingerprint density at radius 2 is 1.77 bits per heavy atom. The van der Waals surface area contributed by atoms with Gasteiger partial charge in [-0.2, -0.15) is 0 Å². The normalized spacial score (nSPS) is 14.5. The van der Waals surface area contributed by atoms with Crippen molar-refractivity contribution in [2.75, 3.05) is 31.1 Å². The van der Waals surface area contributed by atoms with Gasteiger partial charge < -0.3 is 14.2 Å². The number of nitrogens with zero attached hydrogens (tertiary/aromatic N) is 3. The third-order valence-electron chi connectivity index (χ3n) is 5.81. The van der Waals surface area contributed by atoms with E-state index in [-0.39, 0.29) is 5.91 Å². The van der Waals surface area contributed by atoms with Crippen molar-refractivity contribution in [3.63, 3.8) is 0 Å². The summed E-state index contributed by atoms with van der Waals surface area (Å²) in [6.45, 7) is 7.31. The van der Waals surface area contributed by atoms with Gasteiger partial charge in [0.25, 0.3) is 5.91 Å². The summed E-state index contributed by atoms with van der Waals surface area (Å²) in [7, 11) is 0. The van der Waals surface area contributed by atoms with Crippen molar-refractivity contribution < 1.29 is 9.21 Å². The van der Waals surface area contributed by atoms with Crippen molar-refractivity contribution in [1.82, 2.24) is 9.88 Å². The van der Waals surface area contributed by atoms with Crippen LogP contribution in [0, 0.1) is 13.8 Å². The number of anilines is 1. The molecule has 152 valence electrons. The van der Waals surface area contributed by atoms with Gasteiger partial charge in [-0.05, 0) is 55.3 Å². The summed E-state index contributed by atoms with van der Waals surface area (Å²) in [6, 6.07) is 18.0. The third kappa shape index (κ3) is 3.37. The molecule has 2 aromatic heterocycles. The van der Waals surface area contributed by atoms with Gasteiger partial charge in [-0.25, -0.2) is 4.98 Å². The molecule has 2 aromatic carbocycles. The van der Waals surface area contributed by atoms with Gasteiger partial charge in [0.15, 0.2) is 16.5 Å². The minimum absolute atomic E-state index is 0.0528. The summed E-state index contributed by atoms with van der Waals surface area (Å²) in [5.41, 5.74) is 4.82. The van der Waals surface area contributed by atoms with Crippen molar-refractivity contribution in [3.05, 3.63) is 71.5 Å². The molecule has 5 nitrogen and oxygen atoms in total. The third-order valence-corrected chi connectivity index (χ3v) is 6.86. The second-order valence-electron chi connectivity index (χ2n) is 7.65. The average molecular weight is 418 g/mol. The highest BCUT2D eigenvalue weighted by molar-refractivity contribution is 7.21. The van der Waals surface area contributed by atoms with E-state index in [2.05, 4.69) is 41.9 Å². The summed E-state index contributed by atoms with van der Waals surface area (Å²) in [4.78, 5) is 21.8. The molecule has 0 spiro atoms. The topological polar surface area (TPSA) is 49.6 Å². The molecule has 6 heteroatoms. The van der Waals surface area contributed by atoms with E-state index in [9.17, 15) is 4.79 Å². The number of furan rings is 1. The molecule has 1 fully saturated rings. The molecule has 30 heavy (non-hydrogen) atoms. The van der Waals surface area contributed by atoms with E-state index in [1.807, 2.05) is 35.2 Å². The van der Waals surface area contributed by atoms with Crippen molar-refractivity contribution in [3.8, 4) is 10.8 Å². The maximum Gasteiger partial charge on any atom is 0.289 e. The minimum atomic E-state index is -0.0528. The average Bonchev–Trinajstić information content (AvgIpc) is 3.42. The van der Waals surface area contributed by atoms with Crippen molar-refractivity contribution in [2.45, 2.75) is 13.8 Å². The molecule has 3 heterocycles. The summed E-state index contributed by atoms with van der Waals surface area (Å²) < 4.78 is 7.01. The highest BCUT2D eigenvalue weighted by atomic mass is 32.1. The number of carbonyl (C=O) groups excluding carboxylic acids is 1. The van der Waals surface area contributed by atoms with Gasteiger partial charge in [-0.15, -0.1) is 11.3 Å². The lowest BCUT2D eigenvalue weighted by Gasteiger charge is -2.36. The molecule has 0 aliphatic carbocycles. The smallest absolute Gasteiger partial charge is 0.289 e. The number of hydrogen-bond acceptors (Lipinski definition) is 5. The Morgan fingerprint density at radius 3 is 2.57 bits per heavy atom. The van der Waals surface area contributed by atoms with Crippen molar-refractivity contribution >= 4 is 33.1 Å². The second kappa shape index (κ2) is 7.61. The number of piperazine rings is 1. The standard InChI is InChI=1S/C24H23N3O2S/c1-16-6-5-8-19(17(16)2)26-12-14-27(15-13-26)24(28)21-11-10-20(29-21)23-25-18-7-3-4-9-22(18)30-23/h3-11H,12-15H2,1-2H3. The molecule has 1 amide bonds. The van der Waals surface area contributed by atoms with Crippen LogP contribution in [0.25, 0.3) is 21.0 Å². The van der Waals surface area contributed by atoms with Crippen molar-refractivity contribution in [2.24, 2.45) is 0 Å². The van der Waals surface area contributed by atoms with Gasteiger partial charge in [0.05, 0.1) is 10.2 Å². The highest BCUT2D eigenvalue weighted by Gasteiger charge is 2.25. The number of rotatable bonds is 3. The zero-order valence-electron chi connectivity index (χ0n) is 17.1. The molecular weight excluding hydrogens is 394 g/mol. The van der Waals surface area contributed by atoms with Crippen LogP contribution in [0.15, 0.2) is 59.0 Å². The Labute approximate surface area is 179 Å². The Kier molecular flexibility index (Phi) is 4.79. The lowest BCUT2D eigenvalue weighted by molar-refractivity contribution is 0.0715. The number of aromatic nitrogens is 1. The molecule has 0 N–H and O–H groups in total. The first-order valence-electron chi connectivity index (χ1n) is 10.2. The van der Waals surface area contributed by atoms with E-state index in [1.165, 1.54) is 16.8 Å². The van der Waals surface area contributed by atoms with Crippen molar-refractivity contribution in [1.29, 1.82) is 0 Å².